The SMILES string of the molecule is [2H]C([2H])([2H])[C@@]1(COCc2ccccc2)OC(c2ccc(OC)cc2)O[C@@H]1COP(=O)(O)O. The van der Waals surface area contributed by atoms with Crippen LogP contribution in [0.3, 0.4) is 0 Å². The summed E-state index contributed by atoms with van der Waals surface area (Å²) in [6.45, 7) is -3.76. The van der Waals surface area contributed by atoms with Gasteiger partial charge in [-0.1, -0.05) is 42.5 Å². The van der Waals surface area contributed by atoms with Crippen molar-refractivity contribution in [3.63, 3.8) is 0 Å². The van der Waals surface area contributed by atoms with E-state index >= 15 is 0 Å². The van der Waals surface area contributed by atoms with Gasteiger partial charge in [0.2, 0.25) is 0 Å². The molecule has 3 atom stereocenters. The monoisotopic (exact) mass is 427 g/mol. The molecular formula is C20H25O8P. The first-order valence-corrected chi connectivity index (χ1v) is 10.4. The van der Waals surface area contributed by atoms with Gasteiger partial charge < -0.3 is 28.7 Å². The summed E-state index contributed by atoms with van der Waals surface area (Å²) in [5.74, 6) is 0.585. The van der Waals surface area contributed by atoms with Crippen LogP contribution in [0.15, 0.2) is 54.6 Å². The maximum absolute atomic E-state index is 11.3. The molecule has 9 heteroatoms. The number of hydrogen-bond acceptors (Lipinski definition) is 6. The predicted molar refractivity (Wildman–Crippen MR) is 104 cm³/mol. The fourth-order valence-electron chi connectivity index (χ4n) is 2.82. The summed E-state index contributed by atoms with van der Waals surface area (Å²) in [6.07, 6.45) is -2.46. The van der Waals surface area contributed by atoms with Gasteiger partial charge in [0.1, 0.15) is 17.5 Å². The van der Waals surface area contributed by atoms with Gasteiger partial charge in [-0.2, -0.15) is 0 Å². The molecule has 8 nitrogen and oxygen atoms in total. The zero-order chi connectivity index (χ0) is 23.4. The van der Waals surface area contributed by atoms with E-state index in [9.17, 15) is 4.57 Å². The van der Waals surface area contributed by atoms with Crippen LogP contribution >= 0.6 is 7.82 Å². The third-order valence-electron chi connectivity index (χ3n) is 4.34. The summed E-state index contributed by atoms with van der Waals surface area (Å²) in [5.41, 5.74) is -0.704. The van der Waals surface area contributed by atoms with E-state index in [4.69, 9.17) is 32.8 Å². The fourth-order valence-corrected chi connectivity index (χ4v) is 3.15. The minimum absolute atomic E-state index is 0.112. The average molecular weight is 427 g/mol. The number of benzene rings is 2. The summed E-state index contributed by atoms with van der Waals surface area (Å²) in [4.78, 5) is 18.2. The third-order valence-corrected chi connectivity index (χ3v) is 4.82. The van der Waals surface area contributed by atoms with Gasteiger partial charge in [0.05, 0.1) is 26.9 Å². The number of phosphoric acid groups is 1. The van der Waals surface area contributed by atoms with Crippen LogP contribution in [-0.2, 0) is 29.9 Å². The van der Waals surface area contributed by atoms with Gasteiger partial charge in [-0.15, -0.1) is 0 Å². The fraction of sp³-hybridized carbons (Fsp3) is 0.400. The minimum Gasteiger partial charge on any atom is -0.497 e. The molecule has 158 valence electrons. The highest BCUT2D eigenvalue weighted by atomic mass is 31.2. The Balaban J connectivity index is 1.86. The molecule has 0 aromatic heterocycles. The van der Waals surface area contributed by atoms with Crippen LogP contribution in [0.2, 0.25) is 0 Å². The van der Waals surface area contributed by atoms with Crippen molar-refractivity contribution >= 4 is 7.82 Å². The summed E-state index contributed by atoms with van der Waals surface area (Å²) >= 11 is 0. The van der Waals surface area contributed by atoms with Crippen LogP contribution in [-0.4, -0.2) is 41.8 Å². The lowest BCUT2D eigenvalue weighted by Gasteiger charge is -2.28. The molecule has 0 radical (unpaired) electrons. The zero-order valence-corrected chi connectivity index (χ0v) is 16.7. The molecule has 1 aliphatic rings. The summed E-state index contributed by atoms with van der Waals surface area (Å²) in [7, 11) is -3.37. The van der Waals surface area contributed by atoms with Crippen LogP contribution in [0.1, 0.15) is 28.4 Å². The largest absolute Gasteiger partial charge is 0.497 e. The number of hydrogen-bond donors (Lipinski definition) is 2. The van der Waals surface area contributed by atoms with E-state index in [-0.39, 0.29) is 6.61 Å². The standard InChI is InChI=1S/C20H25O8P/c1-20(14-25-12-15-6-4-3-5-7-15)18(13-26-29(21,22)23)27-19(28-20)16-8-10-17(24-2)11-9-16/h3-11,18-19H,12-14H2,1-2H3,(H2,21,22,23)/t18-,19?,20+/m1/s1/i1D3. The summed E-state index contributed by atoms with van der Waals surface area (Å²) in [5, 5.41) is 0. The van der Waals surface area contributed by atoms with Crippen molar-refractivity contribution in [3.8, 4) is 5.75 Å². The van der Waals surface area contributed by atoms with Crippen molar-refractivity contribution in [2.45, 2.75) is 31.5 Å². The second kappa shape index (κ2) is 9.36. The smallest absolute Gasteiger partial charge is 0.469 e. The Bertz CT molecular complexity index is 919. The highest BCUT2D eigenvalue weighted by Crippen LogP contribution is 2.42. The van der Waals surface area contributed by atoms with E-state index in [0.29, 0.717) is 11.3 Å². The van der Waals surface area contributed by atoms with Crippen LogP contribution in [0.25, 0.3) is 0 Å². The maximum atomic E-state index is 11.3. The van der Waals surface area contributed by atoms with Crippen molar-refractivity contribution in [2.24, 2.45) is 0 Å². The van der Waals surface area contributed by atoms with Crippen molar-refractivity contribution < 1.29 is 41.9 Å². The molecule has 0 spiro atoms. The van der Waals surface area contributed by atoms with E-state index in [1.165, 1.54) is 7.11 Å². The molecule has 1 heterocycles. The van der Waals surface area contributed by atoms with E-state index in [1.54, 1.807) is 24.3 Å². The number of methoxy groups -OCH3 is 1. The lowest BCUT2D eigenvalue weighted by Crippen LogP contribution is -2.43. The highest BCUT2D eigenvalue weighted by molar-refractivity contribution is 7.46. The molecule has 0 aliphatic carbocycles. The molecule has 1 fully saturated rings. The lowest BCUT2D eigenvalue weighted by molar-refractivity contribution is -0.111. The predicted octanol–water partition coefficient (Wildman–Crippen LogP) is 3.19. The van der Waals surface area contributed by atoms with E-state index in [0.717, 1.165) is 5.56 Å². The van der Waals surface area contributed by atoms with Gasteiger partial charge in [-0.05, 0) is 24.5 Å². The van der Waals surface area contributed by atoms with E-state index in [1.807, 2.05) is 30.3 Å². The Morgan fingerprint density at radius 3 is 2.52 bits per heavy atom. The topological polar surface area (TPSA) is 104 Å². The first kappa shape index (κ1) is 18.0. The van der Waals surface area contributed by atoms with E-state index in [2.05, 4.69) is 4.52 Å². The quantitative estimate of drug-likeness (QED) is 0.588. The lowest BCUT2D eigenvalue weighted by atomic mass is 10.0. The molecule has 29 heavy (non-hydrogen) atoms. The Labute approximate surface area is 173 Å². The molecule has 0 amide bonds. The second-order valence-electron chi connectivity index (χ2n) is 6.50. The van der Waals surface area contributed by atoms with Crippen LogP contribution < -0.4 is 4.74 Å². The first-order valence-electron chi connectivity index (χ1n) is 10.3. The molecule has 2 aromatic rings. The molecule has 1 saturated heterocycles. The molecule has 3 rings (SSSR count). The van der Waals surface area contributed by atoms with Gasteiger partial charge >= 0.3 is 7.82 Å². The Morgan fingerprint density at radius 2 is 1.90 bits per heavy atom. The van der Waals surface area contributed by atoms with Crippen molar-refractivity contribution in [3.05, 3.63) is 65.7 Å². The van der Waals surface area contributed by atoms with Gasteiger partial charge in [0.15, 0.2) is 6.29 Å². The van der Waals surface area contributed by atoms with Crippen LogP contribution in [0, 0.1) is 0 Å². The van der Waals surface area contributed by atoms with Gasteiger partial charge in [0.25, 0.3) is 0 Å². The molecule has 2 N–H and O–H groups in total. The zero-order valence-electron chi connectivity index (χ0n) is 18.8. The van der Waals surface area contributed by atoms with Gasteiger partial charge in [-0.3, -0.25) is 4.52 Å². The number of rotatable bonds is 9. The highest BCUT2D eigenvalue weighted by Gasteiger charge is 2.48. The minimum atomic E-state index is -4.88. The van der Waals surface area contributed by atoms with Crippen molar-refractivity contribution in [2.75, 3.05) is 20.3 Å². The maximum Gasteiger partial charge on any atom is 0.469 e. The van der Waals surface area contributed by atoms with Crippen LogP contribution in [0.4, 0.5) is 0 Å². The van der Waals surface area contributed by atoms with Crippen molar-refractivity contribution in [1.82, 2.24) is 0 Å². The molecular weight excluding hydrogens is 399 g/mol. The molecule has 0 saturated carbocycles. The Kier molecular flexibility index (Phi) is 5.82. The van der Waals surface area contributed by atoms with Gasteiger partial charge in [0, 0.05) is 9.68 Å². The van der Waals surface area contributed by atoms with E-state index < -0.39 is 45.9 Å². The Hall–Kier alpha value is -1.77. The number of ether oxygens (including phenoxy) is 4. The molecule has 0 bridgehead atoms. The van der Waals surface area contributed by atoms with Crippen LogP contribution in [0.5, 0.6) is 5.75 Å². The summed E-state index contributed by atoms with van der Waals surface area (Å²) in [6, 6.07) is 15.7. The second-order valence-corrected chi connectivity index (χ2v) is 7.74. The molecule has 1 aliphatic heterocycles. The average Bonchev–Trinajstić information content (AvgIpc) is 3.13. The molecule has 2 aromatic carbocycles. The van der Waals surface area contributed by atoms with Gasteiger partial charge in [-0.25, -0.2) is 4.57 Å². The Morgan fingerprint density at radius 1 is 1.17 bits per heavy atom. The number of phosphoric ester groups is 1. The molecule has 1 unspecified atom stereocenters. The third kappa shape index (κ3) is 6.10. The first-order chi connectivity index (χ1) is 15.0. The normalized spacial score (nSPS) is 26.5. The summed E-state index contributed by atoms with van der Waals surface area (Å²) < 4.78 is 62.7. The van der Waals surface area contributed by atoms with Crippen molar-refractivity contribution in [1.29, 1.82) is 0 Å².